The third-order valence-corrected chi connectivity index (χ3v) is 8.28. The summed E-state index contributed by atoms with van der Waals surface area (Å²) in [4.78, 5) is 18.8. The maximum atomic E-state index is 6.21. The number of likely N-dealkylation sites (tertiary alicyclic amines) is 1. The van der Waals surface area contributed by atoms with Crippen LogP contribution in [0, 0.1) is 0 Å². The Morgan fingerprint density at radius 3 is 2.43 bits per heavy atom. The molecule has 35 heavy (non-hydrogen) atoms. The summed E-state index contributed by atoms with van der Waals surface area (Å²) in [5.74, 6) is 2.89. The Labute approximate surface area is 210 Å². The number of piperidine rings is 1. The minimum Gasteiger partial charge on any atom is -0.375 e. The highest BCUT2D eigenvalue weighted by molar-refractivity contribution is 5.56. The zero-order valence-corrected chi connectivity index (χ0v) is 21.7. The molecule has 7 heteroatoms. The predicted molar refractivity (Wildman–Crippen MR) is 145 cm³/mol. The molecule has 2 aromatic rings. The third kappa shape index (κ3) is 5.10. The van der Waals surface area contributed by atoms with Gasteiger partial charge in [0.25, 0.3) is 0 Å². The van der Waals surface area contributed by atoms with E-state index in [4.69, 9.17) is 5.73 Å². The van der Waals surface area contributed by atoms with Crippen LogP contribution in [-0.4, -0.2) is 72.1 Å². The first-order chi connectivity index (χ1) is 16.9. The molecule has 2 saturated heterocycles. The van der Waals surface area contributed by atoms with Gasteiger partial charge in [-0.2, -0.15) is 9.97 Å². The van der Waals surface area contributed by atoms with Crippen LogP contribution in [-0.2, 0) is 13.0 Å². The maximum absolute atomic E-state index is 6.21. The molecular formula is C28H41N7. The van der Waals surface area contributed by atoms with Gasteiger partial charge in [-0.05, 0) is 62.3 Å². The van der Waals surface area contributed by atoms with E-state index >= 15 is 0 Å². The summed E-state index contributed by atoms with van der Waals surface area (Å²) >= 11 is 0. The standard InChI is InChI=1S/C28H41N7/c1-5-20(2)33-10-8-22(9-11-33)24-7-6-23-16-21(3)35(19-25(23)17-24)27-18-26(30-28(29)31-27)34-14-12-32(4)13-15-34/h6-7,17-18,21-22H,2,5,8-16,19H2,1,3-4H3,(H2,29,30,31). The molecule has 2 fully saturated rings. The van der Waals surface area contributed by atoms with Gasteiger partial charge in [-0.25, -0.2) is 0 Å². The van der Waals surface area contributed by atoms with Gasteiger partial charge in [-0.15, -0.1) is 0 Å². The lowest BCUT2D eigenvalue weighted by Gasteiger charge is -2.38. The van der Waals surface area contributed by atoms with E-state index in [-0.39, 0.29) is 0 Å². The van der Waals surface area contributed by atoms with Gasteiger partial charge in [0.15, 0.2) is 0 Å². The Morgan fingerprint density at radius 2 is 1.71 bits per heavy atom. The van der Waals surface area contributed by atoms with Gasteiger partial charge >= 0.3 is 0 Å². The van der Waals surface area contributed by atoms with Crippen molar-refractivity contribution in [1.82, 2.24) is 19.8 Å². The first kappa shape index (κ1) is 23.9. The average Bonchev–Trinajstić information content (AvgIpc) is 2.87. The largest absolute Gasteiger partial charge is 0.375 e. The lowest BCUT2D eigenvalue weighted by Crippen LogP contribution is -2.45. The molecule has 7 nitrogen and oxygen atoms in total. The molecule has 1 atom stereocenters. The van der Waals surface area contributed by atoms with Crippen molar-refractivity contribution in [3.63, 3.8) is 0 Å². The number of nitrogens with two attached hydrogens (primary N) is 1. The highest BCUT2D eigenvalue weighted by atomic mass is 15.3. The average molecular weight is 476 g/mol. The van der Waals surface area contributed by atoms with E-state index in [1.165, 1.54) is 35.2 Å². The number of allylic oxidation sites excluding steroid dienone is 1. The van der Waals surface area contributed by atoms with E-state index in [1.807, 2.05) is 0 Å². The summed E-state index contributed by atoms with van der Waals surface area (Å²) in [5.41, 5.74) is 11.9. The van der Waals surface area contributed by atoms with Crippen molar-refractivity contribution >= 4 is 17.6 Å². The van der Waals surface area contributed by atoms with Crippen LogP contribution in [0.3, 0.4) is 0 Å². The summed E-state index contributed by atoms with van der Waals surface area (Å²) in [7, 11) is 2.17. The zero-order chi connectivity index (χ0) is 24.5. The van der Waals surface area contributed by atoms with Crippen molar-refractivity contribution in [2.75, 3.05) is 61.8 Å². The molecule has 5 rings (SSSR count). The number of fused-ring (bicyclic) bond motifs is 1. The smallest absolute Gasteiger partial charge is 0.223 e. The molecule has 3 aliphatic heterocycles. The fourth-order valence-electron chi connectivity index (χ4n) is 5.86. The fraction of sp³-hybridized carbons (Fsp3) is 0.571. The molecule has 0 radical (unpaired) electrons. The maximum Gasteiger partial charge on any atom is 0.223 e. The molecule has 3 aliphatic rings. The van der Waals surface area contributed by atoms with Crippen LogP contribution in [0.4, 0.5) is 17.6 Å². The number of nitrogen functional groups attached to an aromatic ring is 1. The highest BCUT2D eigenvalue weighted by Gasteiger charge is 2.28. The lowest BCUT2D eigenvalue weighted by molar-refractivity contribution is 0.258. The molecule has 188 valence electrons. The Kier molecular flexibility index (Phi) is 6.87. The number of hydrogen-bond acceptors (Lipinski definition) is 7. The van der Waals surface area contributed by atoms with Crippen LogP contribution in [0.2, 0.25) is 0 Å². The Balaban J connectivity index is 1.33. The van der Waals surface area contributed by atoms with Gasteiger partial charge in [-0.1, -0.05) is 31.7 Å². The molecule has 1 aromatic heterocycles. The van der Waals surface area contributed by atoms with E-state index in [0.29, 0.717) is 17.9 Å². The number of piperazine rings is 1. The lowest BCUT2D eigenvalue weighted by atomic mass is 9.85. The zero-order valence-electron chi connectivity index (χ0n) is 21.7. The van der Waals surface area contributed by atoms with E-state index in [9.17, 15) is 0 Å². The Bertz CT molecular complexity index is 1050. The Hall–Kier alpha value is -2.80. The van der Waals surface area contributed by atoms with E-state index < -0.39 is 0 Å². The van der Waals surface area contributed by atoms with E-state index in [1.54, 1.807) is 0 Å². The first-order valence-corrected chi connectivity index (χ1v) is 13.3. The second kappa shape index (κ2) is 10.1. The van der Waals surface area contributed by atoms with E-state index in [0.717, 1.165) is 70.3 Å². The molecule has 1 unspecified atom stereocenters. The van der Waals surface area contributed by atoms with Crippen LogP contribution < -0.4 is 15.5 Å². The quantitative estimate of drug-likeness (QED) is 0.704. The number of hydrogen-bond donors (Lipinski definition) is 1. The van der Waals surface area contributed by atoms with Crippen molar-refractivity contribution in [3.05, 3.63) is 53.2 Å². The van der Waals surface area contributed by atoms with Gasteiger partial charge in [0.1, 0.15) is 11.6 Å². The van der Waals surface area contributed by atoms with Crippen LogP contribution in [0.25, 0.3) is 0 Å². The Morgan fingerprint density at radius 1 is 1.00 bits per heavy atom. The van der Waals surface area contributed by atoms with Gasteiger partial charge in [0.2, 0.25) is 5.95 Å². The summed E-state index contributed by atoms with van der Waals surface area (Å²) in [6.07, 6.45) is 4.48. The number of benzene rings is 1. The minimum absolute atomic E-state index is 0.364. The number of anilines is 3. The molecule has 2 N–H and O–H groups in total. The number of nitrogens with zero attached hydrogens (tertiary/aromatic N) is 6. The first-order valence-electron chi connectivity index (χ1n) is 13.3. The second-order valence-electron chi connectivity index (χ2n) is 10.6. The van der Waals surface area contributed by atoms with Gasteiger partial charge in [-0.3, -0.25) is 0 Å². The molecule has 0 saturated carbocycles. The summed E-state index contributed by atoms with van der Waals surface area (Å²) in [5, 5.41) is 0. The summed E-state index contributed by atoms with van der Waals surface area (Å²) in [6.45, 7) is 15.9. The highest BCUT2D eigenvalue weighted by Crippen LogP contribution is 2.34. The normalized spacial score (nSPS) is 21.8. The second-order valence-corrected chi connectivity index (χ2v) is 10.6. The summed E-state index contributed by atoms with van der Waals surface area (Å²) in [6, 6.07) is 9.73. The van der Waals surface area contributed by atoms with Crippen LogP contribution in [0.1, 0.15) is 55.7 Å². The van der Waals surface area contributed by atoms with Crippen LogP contribution >= 0.6 is 0 Å². The van der Waals surface area contributed by atoms with Crippen molar-refractivity contribution in [3.8, 4) is 0 Å². The molecule has 0 amide bonds. The van der Waals surface area contributed by atoms with Gasteiger partial charge in [0, 0.05) is 63.6 Å². The predicted octanol–water partition coefficient (Wildman–Crippen LogP) is 3.86. The number of likely N-dealkylation sites (N-methyl/N-ethyl adjacent to an activating group) is 1. The molecular weight excluding hydrogens is 434 g/mol. The van der Waals surface area contributed by atoms with Crippen molar-refractivity contribution < 1.29 is 0 Å². The van der Waals surface area contributed by atoms with Crippen molar-refractivity contribution in [2.45, 2.75) is 58.0 Å². The third-order valence-electron chi connectivity index (χ3n) is 8.28. The monoisotopic (exact) mass is 475 g/mol. The molecule has 0 spiro atoms. The van der Waals surface area contributed by atoms with Crippen molar-refractivity contribution in [2.24, 2.45) is 0 Å². The number of rotatable bonds is 5. The SMILES string of the molecule is C=C(CC)N1CCC(c2ccc3c(c2)CN(c2cc(N4CCN(C)CC4)nc(N)n2)C(C)C3)CC1. The van der Waals surface area contributed by atoms with Crippen LogP contribution in [0.15, 0.2) is 36.5 Å². The molecule has 4 heterocycles. The van der Waals surface area contributed by atoms with Crippen molar-refractivity contribution in [1.29, 1.82) is 0 Å². The van der Waals surface area contributed by atoms with Gasteiger partial charge < -0.3 is 25.3 Å². The van der Waals surface area contributed by atoms with Gasteiger partial charge in [0.05, 0.1) is 0 Å². The number of aromatic nitrogens is 2. The summed E-state index contributed by atoms with van der Waals surface area (Å²) < 4.78 is 0. The molecule has 1 aromatic carbocycles. The van der Waals surface area contributed by atoms with Crippen LogP contribution in [0.5, 0.6) is 0 Å². The minimum atomic E-state index is 0.364. The molecule has 0 aliphatic carbocycles. The fourth-order valence-corrected chi connectivity index (χ4v) is 5.86. The molecule has 0 bridgehead atoms. The van der Waals surface area contributed by atoms with E-state index in [2.05, 4.69) is 81.3 Å². The topological polar surface area (TPSA) is 64.8 Å².